The van der Waals surface area contributed by atoms with Crippen molar-refractivity contribution in [3.8, 4) is 0 Å². The van der Waals surface area contributed by atoms with E-state index in [1.54, 1.807) is 6.07 Å². The number of halogens is 1. The lowest BCUT2D eigenvalue weighted by atomic mass is 9.91. The first-order valence-corrected chi connectivity index (χ1v) is 13.8. The van der Waals surface area contributed by atoms with Crippen LogP contribution in [-0.4, -0.2) is 29.1 Å². The molecule has 4 nitrogen and oxygen atoms in total. The zero-order valence-electron chi connectivity index (χ0n) is 21.5. The molecule has 3 rings (SSSR count). The highest BCUT2D eigenvalue weighted by atomic mass is 19.1. The van der Waals surface area contributed by atoms with Crippen molar-refractivity contribution in [2.45, 2.75) is 103 Å². The molecule has 0 aliphatic carbocycles. The van der Waals surface area contributed by atoms with Crippen molar-refractivity contribution in [2.75, 3.05) is 13.1 Å². The van der Waals surface area contributed by atoms with Crippen molar-refractivity contribution in [3.05, 3.63) is 54.0 Å². The SMILES string of the molecule is CCCCCC=CC/C=C/CCCCCCCC(=O)N1CCC(c2noc3cc(F)ccc23)CC1. The Morgan fingerprint density at radius 2 is 1.69 bits per heavy atom. The summed E-state index contributed by atoms with van der Waals surface area (Å²) < 4.78 is 18.7. The van der Waals surface area contributed by atoms with Gasteiger partial charge in [0.25, 0.3) is 0 Å². The highest BCUT2D eigenvalue weighted by molar-refractivity contribution is 5.80. The molecule has 0 spiro atoms. The van der Waals surface area contributed by atoms with Gasteiger partial charge in [0.05, 0.1) is 5.69 Å². The van der Waals surface area contributed by atoms with Crippen LogP contribution in [-0.2, 0) is 4.79 Å². The molecule has 1 fully saturated rings. The van der Waals surface area contributed by atoms with E-state index in [-0.39, 0.29) is 17.6 Å². The van der Waals surface area contributed by atoms with Gasteiger partial charge in [0.1, 0.15) is 5.82 Å². The second kappa shape index (κ2) is 15.5. The van der Waals surface area contributed by atoms with E-state index in [0.717, 1.165) is 62.7 Å². The number of benzene rings is 1. The molecule has 0 unspecified atom stereocenters. The van der Waals surface area contributed by atoms with Crippen LogP contribution in [0.3, 0.4) is 0 Å². The normalized spacial score (nSPS) is 15.2. The van der Waals surface area contributed by atoms with Crippen LogP contribution in [0.4, 0.5) is 4.39 Å². The largest absolute Gasteiger partial charge is 0.356 e. The third-order valence-electron chi connectivity index (χ3n) is 7.04. The molecule has 1 aromatic carbocycles. The number of unbranched alkanes of at least 4 members (excludes halogenated alkanes) is 8. The van der Waals surface area contributed by atoms with Gasteiger partial charge in [-0.25, -0.2) is 4.39 Å². The van der Waals surface area contributed by atoms with E-state index in [0.29, 0.717) is 12.0 Å². The Labute approximate surface area is 210 Å². The van der Waals surface area contributed by atoms with Crippen molar-refractivity contribution in [1.29, 1.82) is 0 Å². The van der Waals surface area contributed by atoms with Crippen molar-refractivity contribution >= 4 is 16.9 Å². The summed E-state index contributed by atoms with van der Waals surface area (Å²) in [5.74, 6) is 0.233. The molecule has 192 valence electrons. The molecular formula is C30H43FN2O2. The number of fused-ring (bicyclic) bond motifs is 1. The molecule has 0 atom stereocenters. The van der Waals surface area contributed by atoms with Gasteiger partial charge in [-0.1, -0.05) is 68.5 Å². The molecule has 1 aromatic heterocycles. The summed E-state index contributed by atoms with van der Waals surface area (Å²) in [6.07, 6.45) is 24.8. The number of hydrogen-bond acceptors (Lipinski definition) is 3. The number of piperidine rings is 1. The molecule has 2 aromatic rings. The van der Waals surface area contributed by atoms with E-state index < -0.39 is 0 Å². The fourth-order valence-corrected chi connectivity index (χ4v) is 4.87. The number of likely N-dealkylation sites (tertiary alicyclic amines) is 1. The van der Waals surface area contributed by atoms with Gasteiger partial charge in [0.2, 0.25) is 5.91 Å². The number of aromatic nitrogens is 1. The van der Waals surface area contributed by atoms with Gasteiger partial charge < -0.3 is 9.42 Å². The topological polar surface area (TPSA) is 46.3 Å². The highest BCUT2D eigenvalue weighted by Crippen LogP contribution is 2.33. The maximum Gasteiger partial charge on any atom is 0.222 e. The standard InChI is InChI=1S/C30H43FN2O2/c1-2-3-4-5-6-7-8-9-10-11-12-13-14-15-16-17-29(34)33-22-20-25(21-23-33)30-27-19-18-26(31)24-28(27)35-32-30/h6-7,9-10,18-19,24-25H,2-5,8,11-17,20-23H2,1H3/b7-6?,10-9+. The zero-order chi connectivity index (χ0) is 24.7. The van der Waals surface area contributed by atoms with Crippen LogP contribution >= 0.6 is 0 Å². The zero-order valence-corrected chi connectivity index (χ0v) is 21.5. The van der Waals surface area contributed by atoms with Crippen LogP contribution in [0.25, 0.3) is 11.0 Å². The van der Waals surface area contributed by atoms with Crippen LogP contribution in [0.15, 0.2) is 47.0 Å². The minimum Gasteiger partial charge on any atom is -0.356 e. The Morgan fingerprint density at radius 3 is 2.43 bits per heavy atom. The second-order valence-electron chi connectivity index (χ2n) is 9.84. The quantitative estimate of drug-likeness (QED) is 0.189. The summed E-state index contributed by atoms with van der Waals surface area (Å²) in [6, 6.07) is 4.58. The minimum atomic E-state index is -0.311. The Morgan fingerprint density at radius 1 is 1.00 bits per heavy atom. The Hall–Kier alpha value is -2.43. The Balaban J connectivity index is 1.20. The molecule has 2 heterocycles. The molecule has 1 saturated heterocycles. The minimum absolute atomic E-state index is 0.265. The van der Waals surface area contributed by atoms with E-state index in [1.165, 1.54) is 57.1 Å². The predicted molar refractivity (Wildman–Crippen MR) is 142 cm³/mol. The van der Waals surface area contributed by atoms with Gasteiger partial charge in [-0.05, 0) is 63.5 Å². The van der Waals surface area contributed by atoms with Crippen LogP contribution in [0, 0.1) is 5.82 Å². The van der Waals surface area contributed by atoms with Crippen molar-refractivity contribution in [1.82, 2.24) is 10.1 Å². The fourth-order valence-electron chi connectivity index (χ4n) is 4.87. The lowest BCUT2D eigenvalue weighted by Gasteiger charge is -2.31. The molecule has 0 bridgehead atoms. The maximum atomic E-state index is 13.4. The average molecular weight is 483 g/mol. The molecule has 0 radical (unpaired) electrons. The van der Waals surface area contributed by atoms with Crippen LogP contribution < -0.4 is 0 Å². The van der Waals surface area contributed by atoms with E-state index >= 15 is 0 Å². The number of rotatable bonds is 15. The molecular weight excluding hydrogens is 439 g/mol. The van der Waals surface area contributed by atoms with E-state index in [4.69, 9.17) is 4.52 Å². The Bertz CT molecular complexity index is 941. The van der Waals surface area contributed by atoms with Crippen molar-refractivity contribution in [2.24, 2.45) is 0 Å². The number of carbonyl (C=O) groups excluding carboxylic acids is 1. The molecule has 5 heteroatoms. The number of hydrogen-bond donors (Lipinski definition) is 0. The van der Waals surface area contributed by atoms with Crippen molar-refractivity contribution in [3.63, 3.8) is 0 Å². The molecule has 1 amide bonds. The monoisotopic (exact) mass is 482 g/mol. The number of allylic oxidation sites excluding steroid dienone is 4. The molecule has 0 N–H and O–H groups in total. The lowest BCUT2D eigenvalue weighted by molar-refractivity contribution is -0.132. The first-order valence-electron chi connectivity index (χ1n) is 13.8. The average Bonchev–Trinajstić information content (AvgIpc) is 3.29. The van der Waals surface area contributed by atoms with Gasteiger partial charge in [-0.15, -0.1) is 0 Å². The van der Waals surface area contributed by atoms with Gasteiger partial charge in [0, 0.05) is 36.9 Å². The maximum absolute atomic E-state index is 13.4. The summed E-state index contributed by atoms with van der Waals surface area (Å²) in [5, 5.41) is 5.09. The van der Waals surface area contributed by atoms with Crippen LogP contribution in [0.2, 0.25) is 0 Å². The summed E-state index contributed by atoms with van der Waals surface area (Å²) in [6.45, 7) is 3.77. The van der Waals surface area contributed by atoms with Gasteiger partial charge >= 0.3 is 0 Å². The van der Waals surface area contributed by atoms with Crippen LogP contribution in [0.5, 0.6) is 0 Å². The van der Waals surface area contributed by atoms with Gasteiger partial charge in [-0.3, -0.25) is 4.79 Å². The molecule has 1 aliphatic heterocycles. The van der Waals surface area contributed by atoms with E-state index in [9.17, 15) is 9.18 Å². The van der Waals surface area contributed by atoms with Gasteiger partial charge in [-0.2, -0.15) is 0 Å². The van der Waals surface area contributed by atoms with Gasteiger partial charge in [0.15, 0.2) is 5.58 Å². The fraction of sp³-hybridized carbons (Fsp3) is 0.600. The molecule has 1 aliphatic rings. The summed E-state index contributed by atoms with van der Waals surface area (Å²) >= 11 is 0. The summed E-state index contributed by atoms with van der Waals surface area (Å²) in [4.78, 5) is 14.6. The third-order valence-corrected chi connectivity index (χ3v) is 7.04. The highest BCUT2D eigenvalue weighted by Gasteiger charge is 2.27. The van der Waals surface area contributed by atoms with Crippen molar-refractivity contribution < 1.29 is 13.7 Å². The number of carbonyl (C=O) groups is 1. The number of nitrogens with zero attached hydrogens (tertiary/aromatic N) is 2. The Kier molecular flexibility index (Phi) is 12.1. The van der Waals surface area contributed by atoms with E-state index in [1.807, 2.05) is 4.90 Å². The number of amides is 1. The first kappa shape index (κ1) is 27.2. The second-order valence-corrected chi connectivity index (χ2v) is 9.84. The first-order chi connectivity index (χ1) is 17.2. The van der Waals surface area contributed by atoms with E-state index in [2.05, 4.69) is 36.4 Å². The summed E-state index contributed by atoms with van der Waals surface area (Å²) in [7, 11) is 0. The third kappa shape index (κ3) is 9.27. The molecule has 0 saturated carbocycles. The lowest BCUT2D eigenvalue weighted by Crippen LogP contribution is -2.37. The molecule has 35 heavy (non-hydrogen) atoms. The summed E-state index contributed by atoms with van der Waals surface area (Å²) in [5.41, 5.74) is 1.40. The van der Waals surface area contributed by atoms with Crippen LogP contribution in [0.1, 0.15) is 108 Å². The predicted octanol–water partition coefficient (Wildman–Crippen LogP) is 8.49. The smallest absolute Gasteiger partial charge is 0.222 e.